The summed E-state index contributed by atoms with van der Waals surface area (Å²) < 4.78 is 4.34. The molecule has 1 aromatic carbocycles. The summed E-state index contributed by atoms with van der Waals surface area (Å²) in [6, 6.07) is 9.80. The molecule has 0 aliphatic carbocycles. The Kier molecular flexibility index (Phi) is 3.21. The summed E-state index contributed by atoms with van der Waals surface area (Å²) in [7, 11) is 3.39. The lowest BCUT2D eigenvalue weighted by molar-refractivity contribution is 0.601. The van der Waals surface area contributed by atoms with Crippen LogP contribution in [0.5, 0.6) is 0 Å². The van der Waals surface area contributed by atoms with E-state index in [9.17, 15) is 9.59 Å². The third-order valence-corrected chi connectivity index (χ3v) is 3.67. The molecule has 21 heavy (non-hydrogen) atoms. The Labute approximate surface area is 120 Å². The zero-order valence-electron chi connectivity index (χ0n) is 12.0. The second-order valence-corrected chi connectivity index (χ2v) is 5.06. The summed E-state index contributed by atoms with van der Waals surface area (Å²) in [4.78, 5) is 28.9. The van der Waals surface area contributed by atoms with Gasteiger partial charge in [0.15, 0.2) is 11.2 Å². The topological polar surface area (TPSA) is 61.8 Å². The number of benzene rings is 1. The van der Waals surface area contributed by atoms with Crippen LogP contribution in [0, 0.1) is 0 Å². The van der Waals surface area contributed by atoms with Crippen LogP contribution in [0.2, 0.25) is 0 Å². The summed E-state index contributed by atoms with van der Waals surface area (Å²) in [5, 5.41) is 0. The summed E-state index contributed by atoms with van der Waals surface area (Å²) in [6.07, 6.45) is 2.19. The fourth-order valence-electron chi connectivity index (χ4n) is 2.48. The molecule has 0 aliphatic heterocycles. The normalized spacial score (nSPS) is 11.1. The Bertz CT molecular complexity index is 903. The summed E-state index contributed by atoms with van der Waals surface area (Å²) in [6.45, 7) is 0.358. The van der Waals surface area contributed by atoms with Gasteiger partial charge in [-0.15, -0.1) is 0 Å². The molecule has 0 radical (unpaired) electrons. The molecule has 0 N–H and O–H groups in total. The van der Waals surface area contributed by atoms with Crippen LogP contribution in [-0.4, -0.2) is 18.7 Å². The van der Waals surface area contributed by atoms with Crippen molar-refractivity contribution < 1.29 is 0 Å². The first-order chi connectivity index (χ1) is 10.1. The Balaban J connectivity index is 2.08. The summed E-state index contributed by atoms with van der Waals surface area (Å²) in [5.41, 5.74) is 1.34. The quantitative estimate of drug-likeness (QED) is 0.710. The molecule has 0 atom stereocenters. The van der Waals surface area contributed by atoms with Crippen LogP contribution in [-0.2, 0) is 27.1 Å². The molecule has 6 heteroatoms. The summed E-state index contributed by atoms with van der Waals surface area (Å²) in [5.74, 6) is 0. The van der Waals surface area contributed by atoms with Crippen molar-refractivity contribution >= 4 is 11.2 Å². The van der Waals surface area contributed by atoms with Crippen LogP contribution in [0.1, 0.15) is 5.56 Å². The third kappa shape index (κ3) is 2.18. The van der Waals surface area contributed by atoms with Crippen molar-refractivity contribution in [3.8, 4) is 0 Å². The van der Waals surface area contributed by atoms with E-state index in [1.807, 2.05) is 30.3 Å². The van der Waals surface area contributed by atoms with E-state index in [1.165, 1.54) is 9.13 Å². The lowest BCUT2D eigenvalue weighted by Crippen LogP contribution is -2.40. The van der Waals surface area contributed by atoms with Gasteiger partial charge in [-0.2, -0.15) is 0 Å². The second kappa shape index (κ2) is 5.05. The number of aromatic nitrogens is 4. The molecule has 0 unspecified atom stereocenters. The molecular weight excluding hydrogens is 268 g/mol. The molecule has 2 aromatic heterocycles. The number of rotatable bonds is 3. The van der Waals surface area contributed by atoms with Gasteiger partial charge in [0.2, 0.25) is 0 Å². The van der Waals surface area contributed by atoms with E-state index in [0.29, 0.717) is 24.1 Å². The van der Waals surface area contributed by atoms with Crippen molar-refractivity contribution in [3.05, 3.63) is 63.1 Å². The average Bonchev–Trinajstić information content (AvgIpc) is 2.88. The molecule has 3 aromatic rings. The van der Waals surface area contributed by atoms with Crippen LogP contribution in [0.3, 0.4) is 0 Å². The molecule has 0 saturated carbocycles. The molecule has 0 bridgehead atoms. The highest BCUT2D eigenvalue weighted by molar-refractivity contribution is 5.69. The van der Waals surface area contributed by atoms with Gasteiger partial charge in [-0.1, -0.05) is 30.3 Å². The molecule has 6 nitrogen and oxygen atoms in total. The fourth-order valence-corrected chi connectivity index (χ4v) is 2.48. The Morgan fingerprint density at radius 2 is 1.81 bits per heavy atom. The Hall–Kier alpha value is -2.63. The highest BCUT2D eigenvalue weighted by Gasteiger charge is 2.14. The van der Waals surface area contributed by atoms with Crippen LogP contribution in [0.25, 0.3) is 11.2 Å². The maximum absolute atomic E-state index is 12.5. The van der Waals surface area contributed by atoms with Gasteiger partial charge in [0.1, 0.15) is 0 Å². The minimum absolute atomic E-state index is 0.288. The monoisotopic (exact) mass is 284 g/mol. The predicted molar refractivity (Wildman–Crippen MR) is 80.4 cm³/mol. The van der Waals surface area contributed by atoms with Crippen LogP contribution < -0.4 is 11.2 Å². The van der Waals surface area contributed by atoms with E-state index < -0.39 is 0 Å². The minimum Gasteiger partial charge on any atom is -0.328 e. The van der Waals surface area contributed by atoms with Crippen LogP contribution in [0.15, 0.2) is 46.2 Å². The maximum Gasteiger partial charge on any atom is 0.332 e. The minimum atomic E-state index is -0.331. The predicted octanol–water partition coefficient (Wildman–Crippen LogP) is 0.676. The van der Waals surface area contributed by atoms with Crippen molar-refractivity contribution in [3.63, 3.8) is 0 Å². The van der Waals surface area contributed by atoms with E-state index in [4.69, 9.17) is 0 Å². The zero-order chi connectivity index (χ0) is 15.0. The smallest absolute Gasteiger partial charge is 0.328 e. The molecule has 0 saturated heterocycles. The second-order valence-electron chi connectivity index (χ2n) is 5.06. The standard InChI is InChI=1S/C15H16N4O2/c1-17-10-16-13-12(17)14(20)19(15(21)18(13)2)9-8-11-6-4-3-5-7-11/h3-7,10H,8-9H2,1-2H3. The first kappa shape index (κ1) is 13.4. The molecule has 3 rings (SSSR count). The average molecular weight is 284 g/mol. The van der Waals surface area contributed by atoms with Gasteiger partial charge in [0.05, 0.1) is 6.33 Å². The third-order valence-electron chi connectivity index (χ3n) is 3.67. The maximum atomic E-state index is 12.5. The number of fused-ring (bicyclic) bond motifs is 1. The lowest BCUT2D eigenvalue weighted by atomic mass is 10.1. The van der Waals surface area contributed by atoms with Crippen molar-refractivity contribution in [2.75, 3.05) is 0 Å². The molecule has 0 amide bonds. The van der Waals surface area contributed by atoms with Gasteiger partial charge in [0.25, 0.3) is 5.56 Å². The van der Waals surface area contributed by atoms with Crippen molar-refractivity contribution in [2.24, 2.45) is 14.1 Å². The summed E-state index contributed by atoms with van der Waals surface area (Å²) >= 11 is 0. The van der Waals surface area contributed by atoms with Crippen LogP contribution >= 0.6 is 0 Å². The van der Waals surface area contributed by atoms with Gasteiger partial charge in [-0.05, 0) is 12.0 Å². The molecular formula is C15H16N4O2. The SMILES string of the molecule is Cn1cnc2c1c(=O)n(CCc1ccccc1)c(=O)n2C. The van der Waals surface area contributed by atoms with Gasteiger partial charge in [-0.25, -0.2) is 9.78 Å². The highest BCUT2D eigenvalue weighted by atomic mass is 16.2. The van der Waals surface area contributed by atoms with Crippen LogP contribution in [0.4, 0.5) is 0 Å². The molecule has 0 spiro atoms. The number of imidazole rings is 1. The Morgan fingerprint density at radius 1 is 1.10 bits per heavy atom. The largest absolute Gasteiger partial charge is 0.332 e. The molecule has 108 valence electrons. The molecule has 0 fully saturated rings. The van der Waals surface area contributed by atoms with Gasteiger partial charge < -0.3 is 4.57 Å². The molecule has 0 aliphatic rings. The first-order valence-electron chi connectivity index (χ1n) is 6.74. The van der Waals surface area contributed by atoms with Gasteiger partial charge in [-0.3, -0.25) is 13.9 Å². The number of hydrogen-bond acceptors (Lipinski definition) is 3. The van der Waals surface area contributed by atoms with Gasteiger partial charge in [0, 0.05) is 20.6 Å². The Morgan fingerprint density at radius 3 is 2.52 bits per heavy atom. The van der Waals surface area contributed by atoms with E-state index in [-0.39, 0.29) is 11.2 Å². The highest BCUT2D eigenvalue weighted by Crippen LogP contribution is 2.04. The van der Waals surface area contributed by atoms with Crippen molar-refractivity contribution in [2.45, 2.75) is 13.0 Å². The van der Waals surface area contributed by atoms with E-state index in [2.05, 4.69) is 4.98 Å². The van der Waals surface area contributed by atoms with Crippen molar-refractivity contribution in [1.29, 1.82) is 0 Å². The van der Waals surface area contributed by atoms with E-state index in [0.717, 1.165) is 5.56 Å². The molecule has 2 heterocycles. The van der Waals surface area contributed by atoms with E-state index >= 15 is 0 Å². The van der Waals surface area contributed by atoms with Gasteiger partial charge >= 0.3 is 5.69 Å². The lowest BCUT2D eigenvalue weighted by Gasteiger charge is -2.08. The number of nitrogens with zero attached hydrogens (tertiary/aromatic N) is 4. The fraction of sp³-hybridized carbons (Fsp3) is 0.267. The number of aryl methyl sites for hydroxylation is 3. The van der Waals surface area contributed by atoms with E-state index in [1.54, 1.807) is 25.0 Å². The van der Waals surface area contributed by atoms with Crippen molar-refractivity contribution in [1.82, 2.24) is 18.7 Å². The first-order valence-corrected chi connectivity index (χ1v) is 6.74. The number of hydrogen-bond donors (Lipinski definition) is 0. The zero-order valence-corrected chi connectivity index (χ0v) is 12.0.